The van der Waals surface area contributed by atoms with Gasteiger partial charge in [0.15, 0.2) is 0 Å². The van der Waals surface area contributed by atoms with Crippen LogP contribution >= 0.6 is 0 Å². The lowest BCUT2D eigenvalue weighted by Crippen LogP contribution is -2.40. The van der Waals surface area contributed by atoms with Gasteiger partial charge in [-0.15, -0.1) is 0 Å². The largest absolute Gasteiger partial charge is 0.466 e. The van der Waals surface area contributed by atoms with Crippen LogP contribution in [-0.4, -0.2) is 74.2 Å². The Morgan fingerprint density at radius 3 is 2.58 bits per heavy atom. The Kier molecular flexibility index (Phi) is 9.14. The summed E-state index contributed by atoms with van der Waals surface area (Å²) in [6, 6.07) is 9.72. The first-order chi connectivity index (χ1) is 12.7. The highest BCUT2D eigenvalue weighted by atomic mass is 16.5. The fourth-order valence-electron chi connectivity index (χ4n) is 3.01. The van der Waals surface area contributed by atoms with Crippen LogP contribution in [0.1, 0.15) is 25.3 Å². The minimum atomic E-state index is -0.252. The van der Waals surface area contributed by atoms with E-state index in [4.69, 9.17) is 9.47 Å². The second kappa shape index (κ2) is 11.6. The molecule has 1 fully saturated rings. The highest BCUT2D eigenvalue weighted by Crippen LogP contribution is 2.06. The molecule has 1 aromatic rings. The van der Waals surface area contributed by atoms with Crippen LogP contribution in [-0.2, 0) is 25.5 Å². The van der Waals surface area contributed by atoms with Crippen molar-refractivity contribution in [1.82, 2.24) is 9.80 Å². The van der Waals surface area contributed by atoms with Crippen LogP contribution in [0.25, 0.3) is 0 Å². The molecule has 0 spiro atoms. The molecular formula is C20H30N2O4. The molecule has 1 aromatic carbocycles. The number of hydrogen-bond acceptors (Lipinski definition) is 5. The van der Waals surface area contributed by atoms with Gasteiger partial charge in [-0.05, 0) is 18.9 Å². The molecule has 1 amide bonds. The Labute approximate surface area is 156 Å². The summed E-state index contributed by atoms with van der Waals surface area (Å²) in [6.07, 6.45) is 1.50. The van der Waals surface area contributed by atoms with Gasteiger partial charge >= 0.3 is 5.97 Å². The van der Waals surface area contributed by atoms with Crippen LogP contribution in [0.3, 0.4) is 0 Å². The van der Waals surface area contributed by atoms with E-state index in [0.717, 1.165) is 44.8 Å². The molecule has 1 heterocycles. The average molecular weight is 362 g/mol. The Bertz CT molecular complexity index is 544. The van der Waals surface area contributed by atoms with Crippen molar-refractivity contribution in [1.29, 1.82) is 0 Å². The van der Waals surface area contributed by atoms with E-state index >= 15 is 0 Å². The van der Waals surface area contributed by atoms with Gasteiger partial charge in [-0.2, -0.15) is 0 Å². The number of benzene rings is 1. The molecule has 1 aliphatic heterocycles. The molecule has 26 heavy (non-hydrogen) atoms. The summed E-state index contributed by atoms with van der Waals surface area (Å²) >= 11 is 0. The molecule has 0 N–H and O–H groups in total. The third-order valence-corrected chi connectivity index (χ3v) is 4.45. The summed E-state index contributed by atoms with van der Waals surface area (Å²) in [5.41, 5.74) is 0.992. The third-order valence-electron chi connectivity index (χ3n) is 4.45. The smallest absolute Gasteiger partial charge is 0.307 e. The number of hydrogen-bond donors (Lipinski definition) is 0. The Hall–Kier alpha value is -1.92. The van der Waals surface area contributed by atoms with Gasteiger partial charge in [-0.25, -0.2) is 0 Å². The van der Waals surface area contributed by atoms with E-state index in [-0.39, 0.29) is 18.3 Å². The van der Waals surface area contributed by atoms with E-state index in [1.54, 1.807) is 11.8 Å². The third kappa shape index (κ3) is 7.54. The summed E-state index contributed by atoms with van der Waals surface area (Å²) in [4.78, 5) is 28.5. The van der Waals surface area contributed by atoms with Crippen molar-refractivity contribution in [2.45, 2.75) is 26.2 Å². The van der Waals surface area contributed by atoms with Crippen molar-refractivity contribution in [3.05, 3.63) is 35.9 Å². The van der Waals surface area contributed by atoms with Crippen LogP contribution in [0.4, 0.5) is 0 Å². The SMILES string of the molecule is CCOC(=O)CCN(CCCN1CCOCC1)C(=O)Cc1ccccc1. The van der Waals surface area contributed by atoms with E-state index in [1.807, 2.05) is 30.3 Å². The first kappa shape index (κ1) is 20.4. The molecule has 6 heteroatoms. The minimum absolute atomic E-state index is 0.0578. The van der Waals surface area contributed by atoms with Gasteiger partial charge in [0.05, 0.1) is 32.7 Å². The average Bonchev–Trinajstić information content (AvgIpc) is 2.66. The molecule has 144 valence electrons. The molecule has 0 unspecified atom stereocenters. The molecule has 0 bridgehead atoms. The Morgan fingerprint density at radius 2 is 1.88 bits per heavy atom. The number of rotatable bonds is 10. The van der Waals surface area contributed by atoms with Gasteiger partial charge < -0.3 is 14.4 Å². The highest BCUT2D eigenvalue weighted by molar-refractivity contribution is 5.79. The highest BCUT2D eigenvalue weighted by Gasteiger charge is 2.17. The summed E-state index contributed by atoms with van der Waals surface area (Å²) in [5.74, 6) is -0.194. The lowest BCUT2D eigenvalue weighted by atomic mass is 10.1. The number of carbonyl (C=O) groups is 2. The van der Waals surface area contributed by atoms with Crippen molar-refractivity contribution in [3.63, 3.8) is 0 Å². The van der Waals surface area contributed by atoms with Gasteiger partial charge in [0, 0.05) is 32.7 Å². The van der Waals surface area contributed by atoms with Crippen LogP contribution in [0.2, 0.25) is 0 Å². The zero-order valence-corrected chi connectivity index (χ0v) is 15.7. The fraction of sp³-hybridized carbons (Fsp3) is 0.600. The fourth-order valence-corrected chi connectivity index (χ4v) is 3.01. The van der Waals surface area contributed by atoms with E-state index in [9.17, 15) is 9.59 Å². The lowest BCUT2D eigenvalue weighted by molar-refractivity contribution is -0.144. The molecule has 1 aliphatic rings. The number of ether oxygens (including phenoxy) is 2. The normalized spacial score (nSPS) is 14.8. The van der Waals surface area contributed by atoms with E-state index in [0.29, 0.717) is 26.1 Å². The molecule has 0 atom stereocenters. The predicted octanol–water partition coefficient (Wildman–Crippen LogP) is 1.73. The van der Waals surface area contributed by atoms with Crippen molar-refractivity contribution < 1.29 is 19.1 Å². The summed E-state index contributed by atoms with van der Waals surface area (Å²) in [5, 5.41) is 0. The number of esters is 1. The number of amides is 1. The molecular weight excluding hydrogens is 332 g/mol. The Morgan fingerprint density at radius 1 is 1.15 bits per heavy atom. The van der Waals surface area contributed by atoms with Crippen molar-refractivity contribution >= 4 is 11.9 Å². The van der Waals surface area contributed by atoms with Crippen LogP contribution in [0.15, 0.2) is 30.3 Å². The van der Waals surface area contributed by atoms with Gasteiger partial charge in [0.2, 0.25) is 5.91 Å². The standard InChI is InChI=1S/C20H30N2O4/c1-2-26-20(24)9-12-22(11-6-10-21-13-15-25-16-14-21)19(23)17-18-7-4-3-5-8-18/h3-5,7-8H,2,6,9-17H2,1H3. The molecule has 0 saturated carbocycles. The second-order valence-corrected chi connectivity index (χ2v) is 6.41. The van der Waals surface area contributed by atoms with E-state index in [2.05, 4.69) is 4.90 Å². The topological polar surface area (TPSA) is 59.1 Å². The summed E-state index contributed by atoms with van der Waals surface area (Å²) in [6.45, 7) is 7.61. The first-order valence-corrected chi connectivity index (χ1v) is 9.46. The van der Waals surface area contributed by atoms with Gasteiger partial charge in [0.1, 0.15) is 0 Å². The molecule has 1 saturated heterocycles. The van der Waals surface area contributed by atoms with Crippen molar-refractivity contribution in [3.8, 4) is 0 Å². The number of morpholine rings is 1. The quantitative estimate of drug-likeness (QED) is 0.594. The maximum absolute atomic E-state index is 12.7. The van der Waals surface area contributed by atoms with Gasteiger partial charge in [-0.1, -0.05) is 30.3 Å². The zero-order chi connectivity index (χ0) is 18.6. The predicted molar refractivity (Wildman–Crippen MR) is 99.9 cm³/mol. The number of nitrogens with zero attached hydrogens (tertiary/aromatic N) is 2. The number of carbonyl (C=O) groups excluding carboxylic acids is 2. The summed E-state index contributed by atoms with van der Waals surface area (Å²) < 4.78 is 10.4. The monoisotopic (exact) mass is 362 g/mol. The Balaban J connectivity index is 1.84. The maximum atomic E-state index is 12.7. The lowest BCUT2D eigenvalue weighted by Gasteiger charge is -2.28. The first-order valence-electron chi connectivity index (χ1n) is 9.46. The minimum Gasteiger partial charge on any atom is -0.466 e. The summed E-state index contributed by atoms with van der Waals surface area (Å²) in [7, 11) is 0. The maximum Gasteiger partial charge on any atom is 0.307 e. The van der Waals surface area contributed by atoms with Crippen LogP contribution in [0.5, 0.6) is 0 Å². The van der Waals surface area contributed by atoms with Crippen LogP contribution < -0.4 is 0 Å². The van der Waals surface area contributed by atoms with Gasteiger partial charge in [-0.3, -0.25) is 14.5 Å². The molecule has 0 radical (unpaired) electrons. The molecule has 0 aliphatic carbocycles. The van der Waals surface area contributed by atoms with Crippen LogP contribution in [0, 0.1) is 0 Å². The van der Waals surface area contributed by atoms with Gasteiger partial charge in [0.25, 0.3) is 0 Å². The van der Waals surface area contributed by atoms with Crippen molar-refractivity contribution in [2.24, 2.45) is 0 Å². The zero-order valence-electron chi connectivity index (χ0n) is 15.7. The molecule has 2 rings (SSSR count). The van der Waals surface area contributed by atoms with E-state index < -0.39 is 0 Å². The van der Waals surface area contributed by atoms with E-state index in [1.165, 1.54) is 0 Å². The molecule has 6 nitrogen and oxygen atoms in total. The van der Waals surface area contributed by atoms with Crippen molar-refractivity contribution in [2.75, 3.05) is 52.5 Å². The molecule has 0 aromatic heterocycles. The second-order valence-electron chi connectivity index (χ2n) is 6.41.